The number of rotatable bonds is 7. The van der Waals surface area contributed by atoms with E-state index in [1.165, 1.54) is 5.56 Å². The fourth-order valence-corrected chi connectivity index (χ4v) is 2.02. The van der Waals surface area contributed by atoms with Gasteiger partial charge in [-0.2, -0.15) is 0 Å². The maximum Gasteiger partial charge on any atom is 0.127 e. The van der Waals surface area contributed by atoms with E-state index < -0.39 is 0 Å². The minimum Gasteiger partial charge on any atom is -0.466 e. The van der Waals surface area contributed by atoms with Gasteiger partial charge in [0.15, 0.2) is 0 Å². The van der Waals surface area contributed by atoms with Crippen molar-refractivity contribution in [1.29, 1.82) is 0 Å². The zero-order valence-corrected chi connectivity index (χ0v) is 10.5. The maximum absolute atomic E-state index is 10.3. The van der Waals surface area contributed by atoms with Crippen molar-refractivity contribution >= 4 is 6.29 Å². The average molecular weight is 242 g/mol. The van der Waals surface area contributed by atoms with Crippen molar-refractivity contribution in [2.45, 2.75) is 32.1 Å². The van der Waals surface area contributed by atoms with Gasteiger partial charge in [-0.15, -0.1) is 0 Å². The molecule has 0 aliphatic rings. The molecule has 0 spiro atoms. The molecule has 2 nitrogen and oxygen atoms in total. The summed E-state index contributed by atoms with van der Waals surface area (Å²) in [5, 5.41) is 0. The molecule has 0 bridgehead atoms. The number of carbonyl (C=O) groups excluding carboxylic acids is 1. The first-order valence-corrected chi connectivity index (χ1v) is 6.43. The molecule has 18 heavy (non-hydrogen) atoms. The van der Waals surface area contributed by atoms with E-state index >= 15 is 0 Å². The topological polar surface area (TPSA) is 30.2 Å². The SMILES string of the molecule is O=CCc1ccc(CCCCc2ccccc2)o1. The van der Waals surface area contributed by atoms with Crippen LogP contribution < -0.4 is 0 Å². The summed E-state index contributed by atoms with van der Waals surface area (Å²) in [6.45, 7) is 0. The van der Waals surface area contributed by atoms with Gasteiger partial charge in [0.05, 0.1) is 6.42 Å². The third-order valence-corrected chi connectivity index (χ3v) is 2.98. The molecule has 0 N–H and O–H groups in total. The Morgan fingerprint density at radius 2 is 1.61 bits per heavy atom. The number of carbonyl (C=O) groups is 1. The third-order valence-electron chi connectivity index (χ3n) is 2.98. The van der Waals surface area contributed by atoms with E-state index in [0.29, 0.717) is 6.42 Å². The molecule has 1 heterocycles. The molecule has 1 aromatic carbocycles. The predicted octanol–water partition coefficient (Wildman–Crippen LogP) is 3.59. The fourth-order valence-electron chi connectivity index (χ4n) is 2.02. The van der Waals surface area contributed by atoms with Gasteiger partial charge in [-0.3, -0.25) is 0 Å². The van der Waals surface area contributed by atoms with Crippen molar-refractivity contribution in [3.8, 4) is 0 Å². The van der Waals surface area contributed by atoms with Crippen LogP contribution in [0.2, 0.25) is 0 Å². The highest BCUT2D eigenvalue weighted by atomic mass is 16.3. The smallest absolute Gasteiger partial charge is 0.127 e. The molecule has 0 atom stereocenters. The van der Waals surface area contributed by atoms with Crippen LogP contribution in [0, 0.1) is 0 Å². The Morgan fingerprint density at radius 1 is 0.889 bits per heavy atom. The second kappa shape index (κ2) is 6.80. The summed E-state index contributed by atoms with van der Waals surface area (Å²) in [5.74, 6) is 1.75. The molecule has 0 unspecified atom stereocenters. The van der Waals surface area contributed by atoms with Gasteiger partial charge in [-0.25, -0.2) is 0 Å². The average Bonchev–Trinajstić information content (AvgIpc) is 2.84. The van der Waals surface area contributed by atoms with Crippen molar-refractivity contribution in [3.63, 3.8) is 0 Å². The number of benzene rings is 1. The van der Waals surface area contributed by atoms with Crippen molar-refractivity contribution in [2.75, 3.05) is 0 Å². The molecule has 1 aromatic heterocycles. The van der Waals surface area contributed by atoms with E-state index in [1.54, 1.807) is 0 Å². The molecule has 0 aliphatic heterocycles. The van der Waals surface area contributed by atoms with Crippen LogP contribution in [-0.4, -0.2) is 6.29 Å². The Labute approximate surface area is 108 Å². The molecule has 0 saturated carbocycles. The Hall–Kier alpha value is -1.83. The number of hydrogen-bond donors (Lipinski definition) is 0. The monoisotopic (exact) mass is 242 g/mol. The summed E-state index contributed by atoms with van der Waals surface area (Å²) in [5.41, 5.74) is 1.39. The summed E-state index contributed by atoms with van der Waals surface area (Å²) in [7, 11) is 0. The molecule has 94 valence electrons. The van der Waals surface area contributed by atoms with Crippen LogP contribution in [0.5, 0.6) is 0 Å². The fraction of sp³-hybridized carbons (Fsp3) is 0.312. The highest BCUT2D eigenvalue weighted by Gasteiger charge is 2.01. The quantitative estimate of drug-likeness (QED) is 0.548. The number of aldehydes is 1. The molecule has 2 heteroatoms. The lowest BCUT2D eigenvalue weighted by atomic mass is 10.1. The summed E-state index contributed by atoms with van der Waals surface area (Å²) in [6.07, 6.45) is 5.59. The molecule has 0 aliphatic carbocycles. The van der Waals surface area contributed by atoms with E-state index in [1.807, 2.05) is 18.2 Å². The Morgan fingerprint density at radius 3 is 2.39 bits per heavy atom. The van der Waals surface area contributed by atoms with Crippen molar-refractivity contribution in [1.82, 2.24) is 0 Å². The minimum absolute atomic E-state index is 0.379. The number of furan rings is 1. The minimum atomic E-state index is 0.379. The second-order valence-electron chi connectivity index (χ2n) is 4.43. The Bertz CT molecular complexity index is 471. The second-order valence-corrected chi connectivity index (χ2v) is 4.43. The summed E-state index contributed by atoms with van der Waals surface area (Å²) in [6, 6.07) is 14.4. The maximum atomic E-state index is 10.3. The van der Waals surface area contributed by atoms with Gasteiger partial charge in [0.2, 0.25) is 0 Å². The Kier molecular flexibility index (Phi) is 4.77. The van der Waals surface area contributed by atoms with Gasteiger partial charge in [0.1, 0.15) is 17.8 Å². The van der Waals surface area contributed by atoms with E-state index in [4.69, 9.17) is 4.42 Å². The molecule has 0 radical (unpaired) electrons. The molecule has 2 rings (SSSR count). The summed E-state index contributed by atoms with van der Waals surface area (Å²) < 4.78 is 5.55. The van der Waals surface area contributed by atoms with Crippen LogP contribution in [0.15, 0.2) is 46.9 Å². The number of aryl methyl sites for hydroxylation is 2. The van der Waals surface area contributed by atoms with Crippen LogP contribution in [0.4, 0.5) is 0 Å². The molecular weight excluding hydrogens is 224 g/mol. The molecule has 0 amide bonds. The van der Waals surface area contributed by atoms with E-state index in [-0.39, 0.29) is 0 Å². The van der Waals surface area contributed by atoms with Gasteiger partial charge in [0.25, 0.3) is 0 Å². The zero-order chi connectivity index (χ0) is 12.6. The van der Waals surface area contributed by atoms with Crippen molar-refractivity contribution in [3.05, 3.63) is 59.5 Å². The number of unbranched alkanes of at least 4 members (excludes halogenated alkanes) is 1. The summed E-state index contributed by atoms with van der Waals surface area (Å²) >= 11 is 0. The molecular formula is C16H18O2. The van der Waals surface area contributed by atoms with Gasteiger partial charge in [-0.1, -0.05) is 30.3 Å². The first-order valence-electron chi connectivity index (χ1n) is 6.43. The normalized spacial score (nSPS) is 10.4. The lowest BCUT2D eigenvalue weighted by Gasteiger charge is -2.00. The van der Waals surface area contributed by atoms with E-state index in [2.05, 4.69) is 24.3 Å². The standard InChI is InChI=1S/C16H18O2/c17-13-12-16-11-10-15(18-16)9-5-4-8-14-6-2-1-3-7-14/h1-3,6-7,10-11,13H,4-5,8-9,12H2. The van der Waals surface area contributed by atoms with Gasteiger partial charge in [0, 0.05) is 6.42 Å². The Balaban J connectivity index is 1.70. The van der Waals surface area contributed by atoms with E-state index in [9.17, 15) is 4.79 Å². The van der Waals surface area contributed by atoms with Gasteiger partial charge < -0.3 is 9.21 Å². The first kappa shape index (κ1) is 12.6. The lowest BCUT2D eigenvalue weighted by Crippen LogP contribution is -1.88. The van der Waals surface area contributed by atoms with Crippen LogP contribution in [0.25, 0.3) is 0 Å². The predicted molar refractivity (Wildman–Crippen MR) is 71.6 cm³/mol. The lowest BCUT2D eigenvalue weighted by molar-refractivity contribution is -0.107. The summed E-state index contributed by atoms with van der Waals surface area (Å²) in [4.78, 5) is 10.3. The molecule has 0 saturated heterocycles. The largest absolute Gasteiger partial charge is 0.466 e. The van der Waals surface area contributed by atoms with Crippen LogP contribution in [-0.2, 0) is 24.1 Å². The highest BCUT2D eigenvalue weighted by Crippen LogP contribution is 2.12. The van der Waals surface area contributed by atoms with Crippen LogP contribution in [0.3, 0.4) is 0 Å². The highest BCUT2D eigenvalue weighted by molar-refractivity contribution is 5.53. The van der Waals surface area contributed by atoms with Crippen molar-refractivity contribution in [2.24, 2.45) is 0 Å². The number of hydrogen-bond acceptors (Lipinski definition) is 2. The third kappa shape index (κ3) is 3.88. The van der Waals surface area contributed by atoms with Gasteiger partial charge >= 0.3 is 0 Å². The zero-order valence-electron chi connectivity index (χ0n) is 10.5. The molecule has 0 fully saturated rings. The van der Waals surface area contributed by atoms with Gasteiger partial charge in [-0.05, 0) is 37.0 Å². The van der Waals surface area contributed by atoms with Crippen molar-refractivity contribution < 1.29 is 9.21 Å². The molecule has 2 aromatic rings. The van der Waals surface area contributed by atoms with Crippen LogP contribution in [0.1, 0.15) is 29.9 Å². The van der Waals surface area contributed by atoms with E-state index in [0.717, 1.165) is 43.5 Å². The first-order chi connectivity index (χ1) is 8.88. The van der Waals surface area contributed by atoms with Crippen LogP contribution >= 0.6 is 0 Å².